The molecule has 0 saturated carbocycles. The number of anilines is 1. The largest absolute Gasteiger partial charge is 0.477 e. The van der Waals surface area contributed by atoms with E-state index in [-0.39, 0.29) is 28.4 Å². The highest BCUT2D eigenvalue weighted by Gasteiger charge is 2.38. The zero-order chi connectivity index (χ0) is 19.0. The Balaban J connectivity index is 1.91. The van der Waals surface area contributed by atoms with Crippen LogP contribution in [0.25, 0.3) is 17.0 Å². The molecular weight excluding hydrogens is 369 g/mol. The molecule has 8 heteroatoms. The Morgan fingerprint density at radius 3 is 2.93 bits per heavy atom. The van der Waals surface area contributed by atoms with Crippen LogP contribution in [-0.2, 0) is 0 Å². The monoisotopic (exact) mass is 387 g/mol. The van der Waals surface area contributed by atoms with Gasteiger partial charge in [-0.2, -0.15) is 0 Å². The molecule has 2 aromatic rings. The van der Waals surface area contributed by atoms with Gasteiger partial charge in [0, 0.05) is 24.2 Å². The smallest absolute Gasteiger partial charge is 0.342 e. The standard InChI is InChI=1S/C19H18FN3O3S/c1-8-23-15-11-4-2-3-10-5-9(21)7-22(10)16(11)13(20)6-12(15)17(24)14(19(25)26)18(23)27-8/h2,4,6,8-10H,3,5,7,21H2,1H3,(H,25,26). The summed E-state index contributed by atoms with van der Waals surface area (Å²) in [4.78, 5) is 26.5. The summed E-state index contributed by atoms with van der Waals surface area (Å²) in [5, 5.41) is 10.0. The van der Waals surface area contributed by atoms with E-state index in [0.29, 0.717) is 28.3 Å². The van der Waals surface area contributed by atoms with E-state index in [1.165, 1.54) is 17.8 Å². The second kappa shape index (κ2) is 5.59. The molecule has 0 aliphatic carbocycles. The predicted molar refractivity (Wildman–Crippen MR) is 103 cm³/mol. The first kappa shape index (κ1) is 16.8. The molecule has 1 aromatic carbocycles. The number of carboxylic acids is 1. The lowest BCUT2D eigenvalue weighted by molar-refractivity contribution is 0.0689. The molecule has 3 unspecified atom stereocenters. The fraction of sp³-hybridized carbons (Fsp3) is 0.368. The first-order valence-corrected chi connectivity index (χ1v) is 9.80. The molecule has 0 radical (unpaired) electrons. The van der Waals surface area contributed by atoms with Crippen molar-refractivity contribution in [3.05, 3.63) is 39.3 Å². The van der Waals surface area contributed by atoms with Crippen LogP contribution in [0.5, 0.6) is 0 Å². The van der Waals surface area contributed by atoms with Crippen LogP contribution in [0.2, 0.25) is 0 Å². The number of carboxylic acid groups (broad SMARTS) is 1. The van der Waals surface area contributed by atoms with Gasteiger partial charge in [0.15, 0.2) is 0 Å². The first-order valence-electron chi connectivity index (χ1n) is 8.92. The van der Waals surface area contributed by atoms with Crippen LogP contribution >= 0.6 is 11.8 Å². The van der Waals surface area contributed by atoms with E-state index < -0.39 is 17.2 Å². The van der Waals surface area contributed by atoms with Crippen molar-refractivity contribution in [3.63, 3.8) is 0 Å². The van der Waals surface area contributed by atoms with Crippen LogP contribution < -0.4 is 16.1 Å². The molecule has 3 aliphatic heterocycles. The maximum absolute atomic E-state index is 15.2. The number of thioether (sulfide) groups is 1. The number of fused-ring (bicyclic) bond motifs is 7. The number of carbonyl (C=O) groups is 1. The average Bonchev–Trinajstić information content (AvgIpc) is 2.85. The van der Waals surface area contributed by atoms with E-state index in [4.69, 9.17) is 5.73 Å². The van der Waals surface area contributed by atoms with Crippen LogP contribution in [0.15, 0.2) is 22.0 Å². The highest BCUT2D eigenvalue weighted by Crippen LogP contribution is 2.49. The third-order valence-corrected chi connectivity index (χ3v) is 6.87. The maximum Gasteiger partial charge on any atom is 0.342 e. The van der Waals surface area contributed by atoms with Crippen molar-refractivity contribution in [2.75, 3.05) is 11.4 Å². The van der Waals surface area contributed by atoms with E-state index in [9.17, 15) is 14.7 Å². The molecule has 3 aliphatic rings. The Hall–Kier alpha value is -2.32. The van der Waals surface area contributed by atoms with Gasteiger partial charge in [-0.1, -0.05) is 23.9 Å². The van der Waals surface area contributed by atoms with E-state index in [1.54, 1.807) is 0 Å². The SMILES string of the molecule is CC1Sc2c(C(=O)O)c(=O)c3cc(F)c4c(c3n21)C=CCC1CC(N)CN41. The molecule has 1 aromatic heterocycles. The second-order valence-corrected chi connectivity index (χ2v) is 8.66. The predicted octanol–water partition coefficient (Wildman–Crippen LogP) is 2.79. The maximum atomic E-state index is 15.2. The van der Waals surface area contributed by atoms with Crippen molar-refractivity contribution >= 4 is 40.4 Å². The number of benzene rings is 1. The number of hydrogen-bond acceptors (Lipinski definition) is 5. The molecule has 1 fully saturated rings. The highest BCUT2D eigenvalue weighted by molar-refractivity contribution is 8.00. The summed E-state index contributed by atoms with van der Waals surface area (Å²) in [5.74, 6) is -1.78. The molecule has 1 saturated heterocycles. The van der Waals surface area contributed by atoms with Crippen LogP contribution in [0, 0.1) is 5.82 Å². The van der Waals surface area contributed by atoms with Gasteiger partial charge in [-0.15, -0.1) is 0 Å². The number of halogens is 1. The molecule has 0 amide bonds. The fourth-order valence-corrected chi connectivity index (χ4v) is 5.73. The Morgan fingerprint density at radius 2 is 2.22 bits per heavy atom. The van der Waals surface area contributed by atoms with E-state index in [2.05, 4.69) is 0 Å². The lowest BCUT2D eigenvalue weighted by Gasteiger charge is -2.34. The van der Waals surface area contributed by atoms with Crippen molar-refractivity contribution in [1.82, 2.24) is 4.57 Å². The molecule has 140 valence electrons. The van der Waals surface area contributed by atoms with Crippen LogP contribution in [-0.4, -0.2) is 34.3 Å². The number of aromatic carboxylic acids is 1. The number of rotatable bonds is 1. The summed E-state index contributed by atoms with van der Waals surface area (Å²) < 4.78 is 17.0. The van der Waals surface area contributed by atoms with Gasteiger partial charge in [0.2, 0.25) is 5.43 Å². The number of pyridine rings is 1. The summed E-state index contributed by atoms with van der Waals surface area (Å²) in [6.07, 6.45) is 5.42. The van der Waals surface area contributed by atoms with Crippen LogP contribution in [0.4, 0.5) is 10.1 Å². The number of hydrogen-bond donors (Lipinski definition) is 2. The summed E-state index contributed by atoms with van der Waals surface area (Å²) >= 11 is 1.35. The molecule has 0 spiro atoms. The average molecular weight is 387 g/mol. The van der Waals surface area contributed by atoms with Gasteiger partial charge in [0.25, 0.3) is 0 Å². The lowest BCUT2D eigenvalue weighted by Crippen LogP contribution is -2.32. The topological polar surface area (TPSA) is 88.6 Å². The van der Waals surface area contributed by atoms with Gasteiger partial charge < -0.3 is 20.3 Å². The van der Waals surface area contributed by atoms with Crippen molar-refractivity contribution in [2.45, 2.75) is 42.2 Å². The number of aromatic nitrogens is 1. The minimum absolute atomic E-state index is 0.0148. The van der Waals surface area contributed by atoms with Crippen LogP contribution in [0.3, 0.4) is 0 Å². The molecule has 0 bridgehead atoms. The molecule has 4 heterocycles. The van der Waals surface area contributed by atoms with Gasteiger partial charge in [-0.25, -0.2) is 9.18 Å². The Bertz CT molecular complexity index is 1110. The summed E-state index contributed by atoms with van der Waals surface area (Å²) in [6.45, 7) is 2.51. The zero-order valence-corrected chi connectivity index (χ0v) is 15.4. The molecule has 3 atom stereocenters. The van der Waals surface area contributed by atoms with Gasteiger partial charge in [0.05, 0.1) is 27.0 Å². The van der Waals surface area contributed by atoms with Gasteiger partial charge in [-0.3, -0.25) is 4.79 Å². The fourth-order valence-electron chi connectivity index (χ4n) is 4.60. The summed E-state index contributed by atoms with van der Waals surface area (Å²) in [5.41, 5.74) is 6.94. The Kier molecular flexibility index (Phi) is 3.48. The highest BCUT2D eigenvalue weighted by atomic mass is 32.2. The molecule has 5 rings (SSSR count). The lowest BCUT2D eigenvalue weighted by atomic mass is 10.0. The minimum atomic E-state index is -1.28. The second-order valence-electron chi connectivity index (χ2n) is 7.36. The van der Waals surface area contributed by atoms with Gasteiger partial charge in [-0.05, 0) is 25.8 Å². The van der Waals surface area contributed by atoms with Crippen molar-refractivity contribution in [3.8, 4) is 0 Å². The normalized spacial score (nSPS) is 25.6. The van der Waals surface area contributed by atoms with Gasteiger partial charge in [0.1, 0.15) is 11.4 Å². The third-order valence-electron chi connectivity index (χ3n) is 5.69. The zero-order valence-electron chi connectivity index (χ0n) is 14.6. The van der Waals surface area contributed by atoms with Crippen molar-refractivity contribution in [2.24, 2.45) is 5.73 Å². The first-order chi connectivity index (χ1) is 12.9. The molecule has 6 nitrogen and oxygen atoms in total. The van der Waals surface area contributed by atoms with E-state index in [1.807, 2.05) is 28.5 Å². The summed E-state index contributed by atoms with van der Waals surface area (Å²) in [7, 11) is 0. The number of nitrogens with zero attached hydrogens (tertiary/aromatic N) is 2. The van der Waals surface area contributed by atoms with Crippen LogP contribution in [0.1, 0.15) is 41.1 Å². The van der Waals surface area contributed by atoms with E-state index >= 15 is 4.39 Å². The third kappa shape index (κ3) is 2.17. The van der Waals surface area contributed by atoms with Gasteiger partial charge >= 0.3 is 5.97 Å². The minimum Gasteiger partial charge on any atom is -0.477 e. The number of nitrogens with two attached hydrogens (primary N) is 1. The molecular formula is C19H18FN3O3S. The van der Waals surface area contributed by atoms with E-state index in [0.717, 1.165) is 12.8 Å². The molecule has 27 heavy (non-hydrogen) atoms. The Labute approximate surface area is 158 Å². The van der Waals surface area contributed by atoms with Crippen molar-refractivity contribution < 1.29 is 14.3 Å². The molecule has 3 N–H and O–H groups in total. The summed E-state index contributed by atoms with van der Waals surface area (Å²) in [6, 6.07) is 1.32. The van der Waals surface area contributed by atoms with Crippen molar-refractivity contribution in [1.29, 1.82) is 0 Å². The quantitative estimate of drug-likeness (QED) is 0.782. The Morgan fingerprint density at radius 1 is 1.44 bits per heavy atom.